The highest BCUT2D eigenvalue weighted by atomic mass is 35.5. The molecule has 3 unspecified atom stereocenters. The number of benzene rings is 1. The quantitative estimate of drug-likeness (QED) is 0.783. The monoisotopic (exact) mass is 374 g/mol. The third-order valence-corrected chi connectivity index (χ3v) is 7.73. The lowest BCUT2D eigenvalue weighted by Crippen LogP contribution is -2.44. The van der Waals surface area contributed by atoms with Gasteiger partial charge >= 0.3 is 5.97 Å². The van der Waals surface area contributed by atoms with Gasteiger partial charge in [0.25, 0.3) is 0 Å². The van der Waals surface area contributed by atoms with Crippen LogP contribution in [0.3, 0.4) is 0 Å². The van der Waals surface area contributed by atoms with Crippen molar-refractivity contribution in [3.05, 3.63) is 34.3 Å². The minimum Gasteiger partial charge on any atom is -0.481 e. The van der Waals surface area contributed by atoms with Gasteiger partial charge in [0.15, 0.2) is 0 Å². The second-order valence-corrected chi connectivity index (χ2v) is 9.24. The molecule has 3 aliphatic carbocycles. The van der Waals surface area contributed by atoms with E-state index in [1.165, 1.54) is 11.1 Å². The molecule has 1 aromatic rings. The number of aliphatic carboxylic acids is 1. The molecule has 0 aliphatic heterocycles. The summed E-state index contributed by atoms with van der Waals surface area (Å²) >= 11 is 6.20. The minimum atomic E-state index is -0.734. The van der Waals surface area contributed by atoms with Crippen molar-refractivity contribution in [3.63, 3.8) is 0 Å². The fraction of sp³-hybridized carbons (Fsp3) is 0.636. The van der Waals surface area contributed by atoms with Crippen molar-refractivity contribution in [2.24, 2.45) is 23.2 Å². The van der Waals surface area contributed by atoms with Gasteiger partial charge in [-0.15, -0.1) is 0 Å². The van der Waals surface area contributed by atoms with E-state index in [4.69, 9.17) is 16.7 Å². The lowest BCUT2D eigenvalue weighted by atomic mass is 9.54. The minimum absolute atomic E-state index is 0.195. The number of ketones is 1. The fourth-order valence-corrected chi connectivity index (χ4v) is 6.59. The van der Waals surface area contributed by atoms with E-state index in [0.717, 1.165) is 37.1 Å². The Labute approximate surface area is 160 Å². The Kier molecular flexibility index (Phi) is 4.63. The van der Waals surface area contributed by atoms with Gasteiger partial charge in [0.05, 0.1) is 0 Å². The molecule has 1 aromatic carbocycles. The van der Waals surface area contributed by atoms with Crippen LogP contribution in [0, 0.1) is 23.2 Å². The van der Waals surface area contributed by atoms with Crippen LogP contribution in [0.4, 0.5) is 0 Å². The Balaban J connectivity index is 1.61. The number of hydrogen-bond donors (Lipinski definition) is 1. The lowest BCUT2D eigenvalue weighted by molar-refractivity contribution is -0.137. The molecule has 1 N–H and O–H groups in total. The Morgan fingerprint density at radius 2 is 2.15 bits per heavy atom. The summed E-state index contributed by atoms with van der Waals surface area (Å²) in [5, 5.41) is 9.77. The van der Waals surface area contributed by atoms with Gasteiger partial charge in [0, 0.05) is 23.3 Å². The Hall–Kier alpha value is -1.35. The number of halogens is 1. The highest BCUT2D eigenvalue weighted by Gasteiger charge is 2.58. The smallest absolute Gasteiger partial charge is 0.303 e. The van der Waals surface area contributed by atoms with Crippen molar-refractivity contribution in [3.8, 4) is 0 Å². The Bertz CT molecular complexity index is 743. The topological polar surface area (TPSA) is 54.4 Å². The van der Waals surface area contributed by atoms with E-state index in [1.807, 2.05) is 6.07 Å². The summed E-state index contributed by atoms with van der Waals surface area (Å²) in [7, 11) is 0. The zero-order chi connectivity index (χ0) is 18.5. The van der Waals surface area contributed by atoms with Crippen LogP contribution in [-0.4, -0.2) is 16.9 Å². The van der Waals surface area contributed by atoms with Crippen LogP contribution in [-0.2, 0) is 16.0 Å². The van der Waals surface area contributed by atoms with Gasteiger partial charge < -0.3 is 5.11 Å². The van der Waals surface area contributed by atoms with Crippen molar-refractivity contribution in [2.45, 2.75) is 64.2 Å². The second kappa shape index (κ2) is 6.67. The van der Waals surface area contributed by atoms with Crippen LogP contribution in [0.5, 0.6) is 0 Å². The summed E-state index contributed by atoms with van der Waals surface area (Å²) in [4.78, 5) is 23.8. The molecule has 4 rings (SSSR count). The fourth-order valence-electron chi connectivity index (χ4n) is 6.39. The van der Waals surface area contributed by atoms with Crippen molar-refractivity contribution in [2.75, 3.05) is 0 Å². The predicted molar refractivity (Wildman–Crippen MR) is 101 cm³/mol. The molecule has 2 saturated carbocycles. The summed E-state index contributed by atoms with van der Waals surface area (Å²) in [6.45, 7) is 2.19. The first-order valence-electron chi connectivity index (χ1n) is 9.93. The van der Waals surface area contributed by atoms with E-state index in [2.05, 4.69) is 19.1 Å². The molecule has 140 valence electrons. The van der Waals surface area contributed by atoms with Gasteiger partial charge in [-0.1, -0.05) is 24.6 Å². The highest BCUT2D eigenvalue weighted by Crippen LogP contribution is 2.62. The third kappa shape index (κ3) is 2.89. The standard InChI is InChI=1S/C22H27ClO3/c1-22-10-9-17-16-8-6-15(23)11-13(16)5-7-18(17)21(22)14(12-19(22)24)3-2-4-20(25)26/h6,8,11,14,17-18,21H,2-5,7,9-10,12H2,1H3,(H,25,26)/t14-,17?,18?,21?,22-/m1/s1. The number of carbonyl (C=O) groups excluding carboxylic acids is 1. The predicted octanol–water partition coefficient (Wildman–Crippen LogP) is 5.25. The molecule has 5 atom stereocenters. The average Bonchev–Trinajstić information content (AvgIpc) is 2.85. The number of aryl methyl sites for hydroxylation is 1. The molecule has 3 aliphatic rings. The summed E-state index contributed by atoms with van der Waals surface area (Å²) in [6, 6.07) is 6.32. The normalized spacial score (nSPS) is 35.5. The van der Waals surface area contributed by atoms with Crippen molar-refractivity contribution in [1.29, 1.82) is 0 Å². The number of fused-ring (bicyclic) bond motifs is 5. The van der Waals surface area contributed by atoms with Crippen molar-refractivity contribution < 1.29 is 14.7 Å². The second-order valence-electron chi connectivity index (χ2n) is 8.81. The molecule has 3 nitrogen and oxygen atoms in total. The van der Waals surface area contributed by atoms with E-state index in [-0.39, 0.29) is 11.8 Å². The maximum Gasteiger partial charge on any atom is 0.303 e. The van der Waals surface area contributed by atoms with Crippen molar-refractivity contribution in [1.82, 2.24) is 0 Å². The van der Waals surface area contributed by atoms with Gasteiger partial charge in [-0.25, -0.2) is 0 Å². The molecular weight excluding hydrogens is 348 g/mol. The molecule has 0 amide bonds. The number of rotatable bonds is 4. The SMILES string of the molecule is C[C@]12CCC3c4ccc(Cl)cc4CCC3C1[C@H](CCCC(=O)O)CC2=O. The average molecular weight is 375 g/mol. The van der Waals surface area contributed by atoms with Crippen molar-refractivity contribution >= 4 is 23.4 Å². The van der Waals surface area contributed by atoms with E-state index < -0.39 is 5.97 Å². The van der Waals surface area contributed by atoms with E-state index in [0.29, 0.717) is 42.3 Å². The molecule has 0 radical (unpaired) electrons. The molecule has 0 bridgehead atoms. The number of carboxylic acids is 1. The maximum absolute atomic E-state index is 12.9. The highest BCUT2D eigenvalue weighted by molar-refractivity contribution is 6.30. The van der Waals surface area contributed by atoms with E-state index in [1.54, 1.807) is 0 Å². The first kappa shape index (κ1) is 18.0. The molecule has 26 heavy (non-hydrogen) atoms. The van der Waals surface area contributed by atoms with Crippen LogP contribution in [0.15, 0.2) is 18.2 Å². The number of carbonyl (C=O) groups is 2. The molecule has 0 spiro atoms. The van der Waals surface area contributed by atoms with E-state index in [9.17, 15) is 9.59 Å². The first-order chi connectivity index (χ1) is 12.4. The van der Waals surface area contributed by atoms with Gasteiger partial charge in [0.2, 0.25) is 0 Å². The van der Waals surface area contributed by atoms with Gasteiger partial charge in [0.1, 0.15) is 5.78 Å². The zero-order valence-electron chi connectivity index (χ0n) is 15.3. The molecule has 0 saturated heterocycles. The van der Waals surface area contributed by atoms with Crippen LogP contribution in [0.2, 0.25) is 5.02 Å². The lowest BCUT2D eigenvalue weighted by Gasteiger charge is -2.50. The molecule has 0 heterocycles. The summed E-state index contributed by atoms with van der Waals surface area (Å²) in [5.74, 6) is 1.52. The summed E-state index contributed by atoms with van der Waals surface area (Å²) < 4.78 is 0. The van der Waals surface area contributed by atoms with Gasteiger partial charge in [-0.3, -0.25) is 9.59 Å². The zero-order valence-corrected chi connectivity index (χ0v) is 16.1. The largest absolute Gasteiger partial charge is 0.481 e. The van der Waals surface area contributed by atoms with Crippen LogP contribution >= 0.6 is 11.6 Å². The first-order valence-corrected chi connectivity index (χ1v) is 10.3. The number of hydrogen-bond acceptors (Lipinski definition) is 2. The Morgan fingerprint density at radius 3 is 2.92 bits per heavy atom. The summed E-state index contributed by atoms with van der Waals surface area (Å²) in [5.41, 5.74) is 2.63. The molecule has 4 heteroatoms. The Morgan fingerprint density at radius 1 is 1.35 bits per heavy atom. The molecule has 0 aromatic heterocycles. The third-order valence-electron chi connectivity index (χ3n) is 7.50. The molecular formula is C22H27ClO3. The molecule has 2 fully saturated rings. The number of carboxylic acid groups (broad SMARTS) is 1. The van der Waals surface area contributed by atoms with Gasteiger partial charge in [-0.2, -0.15) is 0 Å². The van der Waals surface area contributed by atoms with Gasteiger partial charge in [-0.05, 0) is 85.5 Å². The van der Waals surface area contributed by atoms with Crippen LogP contribution in [0.1, 0.15) is 68.9 Å². The number of Topliss-reactive ketones (excluding diaryl/α,β-unsaturated/α-hetero) is 1. The van der Waals surface area contributed by atoms with Crippen LogP contribution < -0.4 is 0 Å². The van der Waals surface area contributed by atoms with Crippen LogP contribution in [0.25, 0.3) is 0 Å². The maximum atomic E-state index is 12.9. The van der Waals surface area contributed by atoms with E-state index >= 15 is 0 Å². The summed E-state index contributed by atoms with van der Waals surface area (Å²) in [6.07, 6.45) is 6.63.